The van der Waals surface area contributed by atoms with Crippen LogP contribution >= 0.6 is 23.2 Å². The van der Waals surface area contributed by atoms with Crippen molar-refractivity contribution in [3.8, 4) is 5.75 Å². The fourth-order valence-electron chi connectivity index (χ4n) is 2.39. The number of halogens is 5. The van der Waals surface area contributed by atoms with Crippen LogP contribution in [0.4, 0.5) is 13.2 Å². The van der Waals surface area contributed by atoms with Crippen molar-refractivity contribution in [3.63, 3.8) is 0 Å². The van der Waals surface area contributed by atoms with Gasteiger partial charge in [-0.3, -0.25) is 4.79 Å². The largest absolute Gasteiger partial charge is 0.480 e. The van der Waals surface area contributed by atoms with Crippen LogP contribution in [0.25, 0.3) is 0 Å². The Kier molecular flexibility index (Phi) is 5.37. The second-order valence-electron chi connectivity index (χ2n) is 5.29. The Hall–Kier alpha value is -1.44. The van der Waals surface area contributed by atoms with Gasteiger partial charge in [0.25, 0.3) is 0 Å². The Morgan fingerprint density at radius 3 is 2.67 bits per heavy atom. The zero-order valence-electron chi connectivity index (χ0n) is 12.2. The van der Waals surface area contributed by atoms with E-state index in [0.29, 0.717) is 0 Å². The van der Waals surface area contributed by atoms with Gasteiger partial charge in [0.1, 0.15) is 18.0 Å². The molecule has 132 valence electrons. The number of alkyl halides is 3. The normalized spacial score (nSPS) is 23.2. The molecule has 0 aromatic heterocycles. The lowest BCUT2D eigenvalue weighted by molar-refractivity contribution is -0.219. The van der Waals surface area contributed by atoms with Gasteiger partial charge in [-0.05, 0) is 6.07 Å². The van der Waals surface area contributed by atoms with Crippen LogP contribution in [0.15, 0.2) is 24.8 Å². The summed E-state index contributed by atoms with van der Waals surface area (Å²) in [6, 6.07) is 2.27. The highest BCUT2D eigenvalue weighted by atomic mass is 35.5. The number of rotatable bonds is 4. The summed E-state index contributed by atoms with van der Waals surface area (Å²) in [4.78, 5) is 11.8. The van der Waals surface area contributed by atoms with Gasteiger partial charge in [-0.2, -0.15) is 13.2 Å². The molecule has 0 spiro atoms. The van der Waals surface area contributed by atoms with E-state index in [9.17, 15) is 23.1 Å². The molecule has 0 fully saturated rings. The molecule has 1 N–H and O–H groups in total. The predicted octanol–water partition coefficient (Wildman–Crippen LogP) is 4.01. The second kappa shape index (κ2) is 6.82. The molecule has 1 aromatic carbocycles. The molecule has 0 radical (unpaired) electrons. The minimum absolute atomic E-state index is 0.0161. The number of esters is 1. The topological polar surface area (TPSA) is 55.8 Å². The molecule has 1 heterocycles. The van der Waals surface area contributed by atoms with Gasteiger partial charge in [0.2, 0.25) is 0 Å². The molecular weight excluding hydrogens is 372 g/mol. The van der Waals surface area contributed by atoms with Gasteiger partial charge in [-0.1, -0.05) is 35.9 Å². The molecule has 0 bridgehead atoms. The molecule has 2 rings (SSSR count). The van der Waals surface area contributed by atoms with Crippen LogP contribution < -0.4 is 4.74 Å². The molecule has 1 aromatic rings. The molecule has 4 nitrogen and oxygen atoms in total. The van der Waals surface area contributed by atoms with E-state index in [-0.39, 0.29) is 28.0 Å². The van der Waals surface area contributed by atoms with Gasteiger partial charge in [0.05, 0.1) is 16.5 Å². The molecule has 2 atom stereocenters. The molecule has 9 heteroatoms. The van der Waals surface area contributed by atoms with E-state index in [1.807, 2.05) is 0 Å². The van der Waals surface area contributed by atoms with Crippen LogP contribution in [-0.4, -0.2) is 30.0 Å². The van der Waals surface area contributed by atoms with Crippen LogP contribution in [0.5, 0.6) is 5.75 Å². The van der Waals surface area contributed by atoms with Crippen molar-refractivity contribution < 1.29 is 32.5 Å². The van der Waals surface area contributed by atoms with Gasteiger partial charge < -0.3 is 14.6 Å². The van der Waals surface area contributed by atoms with Crippen LogP contribution in [0.1, 0.15) is 18.4 Å². The molecule has 0 saturated carbocycles. The van der Waals surface area contributed by atoms with E-state index in [4.69, 9.17) is 32.7 Å². The second-order valence-corrected chi connectivity index (χ2v) is 6.11. The third kappa shape index (κ3) is 3.96. The van der Waals surface area contributed by atoms with Crippen molar-refractivity contribution in [3.05, 3.63) is 40.4 Å². The molecule has 1 aliphatic rings. The van der Waals surface area contributed by atoms with E-state index < -0.39 is 36.7 Å². The van der Waals surface area contributed by atoms with Crippen molar-refractivity contribution in [2.45, 2.75) is 30.7 Å². The van der Waals surface area contributed by atoms with E-state index in [2.05, 4.69) is 6.58 Å². The van der Waals surface area contributed by atoms with Crippen molar-refractivity contribution in [1.29, 1.82) is 0 Å². The quantitative estimate of drug-likeness (QED) is 0.629. The van der Waals surface area contributed by atoms with Crippen molar-refractivity contribution in [1.82, 2.24) is 0 Å². The number of hydrogen-bond donors (Lipinski definition) is 1. The number of aliphatic hydroxyl groups is 1. The molecule has 1 aliphatic heterocycles. The Morgan fingerprint density at radius 1 is 1.46 bits per heavy atom. The third-order valence-corrected chi connectivity index (χ3v) is 4.20. The predicted molar refractivity (Wildman–Crippen MR) is 81.2 cm³/mol. The summed E-state index contributed by atoms with van der Waals surface area (Å²) in [7, 11) is 0. The van der Waals surface area contributed by atoms with E-state index >= 15 is 0 Å². The fourth-order valence-corrected chi connectivity index (χ4v) is 2.71. The average molecular weight is 385 g/mol. The van der Waals surface area contributed by atoms with Gasteiger partial charge in [0, 0.05) is 18.1 Å². The summed E-state index contributed by atoms with van der Waals surface area (Å²) < 4.78 is 48.9. The maximum absolute atomic E-state index is 13.1. The number of benzene rings is 1. The highest BCUT2D eigenvalue weighted by Gasteiger charge is 2.52. The summed E-state index contributed by atoms with van der Waals surface area (Å²) in [5, 5.41) is 10.7. The van der Waals surface area contributed by atoms with Gasteiger partial charge in [-0.25, -0.2) is 0 Å². The van der Waals surface area contributed by atoms with Crippen LogP contribution in [0.2, 0.25) is 10.0 Å². The minimum Gasteiger partial charge on any atom is -0.480 e. The van der Waals surface area contributed by atoms with Crippen molar-refractivity contribution in [2.24, 2.45) is 0 Å². The lowest BCUT2D eigenvalue weighted by Crippen LogP contribution is -2.46. The summed E-state index contributed by atoms with van der Waals surface area (Å²) in [5.74, 6) is -1.16. The van der Waals surface area contributed by atoms with E-state index in [0.717, 1.165) is 6.07 Å². The molecule has 24 heavy (non-hydrogen) atoms. The lowest BCUT2D eigenvalue weighted by atomic mass is 9.82. The van der Waals surface area contributed by atoms with Gasteiger partial charge >= 0.3 is 12.1 Å². The SMILES string of the molecule is C=CCOC(=O)C[C@]1(O)C[C@@H](C(F)(F)F)Oc2cc(Cl)c(Cl)cc21. The van der Waals surface area contributed by atoms with Crippen molar-refractivity contribution >= 4 is 29.2 Å². The highest BCUT2D eigenvalue weighted by molar-refractivity contribution is 6.42. The molecule has 0 saturated heterocycles. The Balaban J connectivity index is 2.43. The average Bonchev–Trinajstić information content (AvgIpc) is 2.46. The third-order valence-electron chi connectivity index (χ3n) is 3.48. The number of hydrogen-bond acceptors (Lipinski definition) is 4. The molecule has 0 aliphatic carbocycles. The minimum atomic E-state index is -4.73. The first-order chi connectivity index (χ1) is 11.1. The highest BCUT2D eigenvalue weighted by Crippen LogP contribution is 2.47. The van der Waals surface area contributed by atoms with Crippen LogP contribution in [0, 0.1) is 0 Å². The smallest absolute Gasteiger partial charge is 0.425 e. The first-order valence-corrected chi connectivity index (χ1v) is 7.54. The zero-order chi connectivity index (χ0) is 18.1. The Bertz CT molecular complexity index is 663. The number of carbonyl (C=O) groups excluding carboxylic acids is 1. The maximum atomic E-state index is 13.1. The lowest BCUT2D eigenvalue weighted by Gasteiger charge is -2.39. The van der Waals surface area contributed by atoms with Gasteiger partial charge in [-0.15, -0.1) is 0 Å². The monoisotopic (exact) mass is 384 g/mol. The molecular formula is C15H13Cl2F3O4. The number of fused-ring (bicyclic) bond motifs is 1. The molecule has 0 unspecified atom stereocenters. The number of carbonyl (C=O) groups is 1. The Labute approximate surface area is 145 Å². The maximum Gasteiger partial charge on any atom is 0.425 e. The Morgan fingerprint density at radius 2 is 2.08 bits per heavy atom. The van der Waals surface area contributed by atoms with Crippen LogP contribution in [0.3, 0.4) is 0 Å². The zero-order valence-corrected chi connectivity index (χ0v) is 13.7. The summed E-state index contributed by atoms with van der Waals surface area (Å²) in [6.45, 7) is 3.24. The summed E-state index contributed by atoms with van der Waals surface area (Å²) in [5.41, 5.74) is -2.20. The van der Waals surface area contributed by atoms with E-state index in [1.54, 1.807) is 0 Å². The fraction of sp³-hybridized carbons (Fsp3) is 0.400. The number of ether oxygens (including phenoxy) is 2. The standard InChI is InChI=1S/C15H13Cl2F3O4/c1-2-3-23-13(21)7-14(22)6-12(15(18,19)20)24-11-5-10(17)9(16)4-8(11)14/h2,4-5,12,22H,1,3,6-7H2/t12-,14+/m0/s1. The van der Waals surface area contributed by atoms with E-state index in [1.165, 1.54) is 12.1 Å². The molecule has 0 amide bonds. The van der Waals surface area contributed by atoms with Crippen LogP contribution in [-0.2, 0) is 15.1 Å². The first kappa shape index (κ1) is 18.9. The van der Waals surface area contributed by atoms with Crippen molar-refractivity contribution in [2.75, 3.05) is 6.61 Å². The van der Waals surface area contributed by atoms with Gasteiger partial charge in [0.15, 0.2) is 6.10 Å². The first-order valence-electron chi connectivity index (χ1n) is 6.78. The summed E-state index contributed by atoms with van der Waals surface area (Å²) in [6.07, 6.45) is -7.29. The summed E-state index contributed by atoms with van der Waals surface area (Å²) >= 11 is 11.7.